The molecule has 1 atom stereocenters. The largest absolute Gasteiger partial charge is 0.466 e. The van der Waals surface area contributed by atoms with Gasteiger partial charge in [0.25, 0.3) is 0 Å². The zero-order chi connectivity index (χ0) is 10.4. The molecule has 0 aliphatic heterocycles. The maximum atomic E-state index is 11.3. The van der Waals surface area contributed by atoms with Crippen LogP contribution in [0.4, 0.5) is 0 Å². The Morgan fingerprint density at radius 1 is 1.43 bits per heavy atom. The second-order valence-electron chi connectivity index (χ2n) is 3.66. The lowest BCUT2D eigenvalue weighted by Gasteiger charge is -2.11. The van der Waals surface area contributed by atoms with E-state index in [9.17, 15) is 9.90 Å². The molecule has 0 bridgehead atoms. The van der Waals surface area contributed by atoms with Crippen LogP contribution in [0, 0.1) is 0 Å². The van der Waals surface area contributed by atoms with Crippen LogP contribution in [-0.4, -0.2) is 24.3 Å². The van der Waals surface area contributed by atoms with Gasteiger partial charge in [-0.05, 0) is 19.3 Å². The topological polar surface area (TPSA) is 46.5 Å². The summed E-state index contributed by atoms with van der Waals surface area (Å²) in [4.78, 5) is 11.3. The summed E-state index contributed by atoms with van der Waals surface area (Å²) >= 11 is 0. The van der Waals surface area contributed by atoms with Gasteiger partial charge in [0.15, 0.2) is 0 Å². The Balaban J connectivity index is 2.68. The fraction of sp³-hybridized carbons (Fsp3) is 0.727. The van der Waals surface area contributed by atoms with Gasteiger partial charge in [-0.25, -0.2) is 4.79 Å². The van der Waals surface area contributed by atoms with Crippen molar-refractivity contribution in [1.29, 1.82) is 0 Å². The molecule has 0 aromatic heterocycles. The van der Waals surface area contributed by atoms with E-state index in [1.165, 1.54) is 13.5 Å². The van der Waals surface area contributed by atoms with Crippen molar-refractivity contribution in [3.63, 3.8) is 0 Å². The zero-order valence-electron chi connectivity index (χ0n) is 8.66. The Morgan fingerprint density at radius 3 is 2.86 bits per heavy atom. The van der Waals surface area contributed by atoms with Crippen molar-refractivity contribution in [3.8, 4) is 0 Å². The number of carbonyl (C=O) groups is 1. The molecule has 0 saturated heterocycles. The smallest absolute Gasteiger partial charge is 0.336 e. The van der Waals surface area contributed by atoms with E-state index in [1.807, 2.05) is 6.08 Å². The Morgan fingerprint density at radius 2 is 2.14 bits per heavy atom. The third-order valence-corrected chi connectivity index (χ3v) is 2.58. The minimum absolute atomic E-state index is 0.389. The molecule has 0 heterocycles. The summed E-state index contributed by atoms with van der Waals surface area (Å²) in [5, 5.41) is 9.73. The lowest BCUT2D eigenvalue weighted by atomic mass is 10.0. The van der Waals surface area contributed by atoms with Gasteiger partial charge in [-0.3, -0.25) is 0 Å². The second kappa shape index (κ2) is 5.81. The highest BCUT2D eigenvalue weighted by atomic mass is 16.5. The van der Waals surface area contributed by atoms with Gasteiger partial charge in [0.2, 0.25) is 0 Å². The maximum absolute atomic E-state index is 11.3. The van der Waals surface area contributed by atoms with Crippen LogP contribution in [0.3, 0.4) is 0 Å². The summed E-state index contributed by atoms with van der Waals surface area (Å²) in [6, 6.07) is 0. The summed E-state index contributed by atoms with van der Waals surface area (Å²) < 4.78 is 4.63. The molecule has 0 aromatic rings. The van der Waals surface area contributed by atoms with Gasteiger partial charge >= 0.3 is 5.97 Å². The van der Waals surface area contributed by atoms with Gasteiger partial charge in [0.05, 0.1) is 18.8 Å². The first kappa shape index (κ1) is 11.2. The Hall–Kier alpha value is -0.830. The molecule has 0 spiro atoms. The van der Waals surface area contributed by atoms with E-state index in [-0.39, 0.29) is 5.97 Å². The third kappa shape index (κ3) is 3.14. The molecule has 1 aliphatic carbocycles. The molecule has 0 saturated carbocycles. The molecular weight excluding hydrogens is 180 g/mol. The van der Waals surface area contributed by atoms with Gasteiger partial charge < -0.3 is 9.84 Å². The number of methoxy groups -OCH3 is 1. The predicted molar refractivity (Wildman–Crippen MR) is 53.8 cm³/mol. The van der Waals surface area contributed by atoms with Crippen LogP contribution in [0.15, 0.2) is 11.6 Å². The Bertz CT molecular complexity index is 221. The molecule has 1 N–H and O–H groups in total. The lowest BCUT2D eigenvalue weighted by molar-refractivity contribution is -0.137. The average Bonchev–Trinajstić information content (AvgIpc) is 2.29. The first-order valence-corrected chi connectivity index (χ1v) is 5.22. The van der Waals surface area contributed by atoms with Crippen LogP contribution in [0.2, 0.25) is 0 Å². The number of hydrogen-bond acceptors (Lipinski definition) is 3. The number of hydrogen-bond donors (Lipinski definition) is 1. The van der Waals surface area contributed by atoms with Crippen molar-refractivity contribution >= 4 is 5.97 Å². The number of carbonyl (C=O) groups excluding carboxylic acids is 1. The van der Waals surface area contributed by atoms with E-state index in [1.54, 1.807) is 0 Å². The normalized spacial score (nSPS) is 27.9. The second-order valence-corrected chi connectivity index (χ2v) is 3.66. The highest BCUT2D eigenvalue weighted by Crippen LogP contribution is 2.18. The number of aliphatic hydroxyl groups is 1. The molecule has 1 aliphatic rings. The van der Waals surface area contributed by atoms with Crippen molar-refractivity contribution in [3.05, 3.63) is 11.6 Å². The molecular formula is C11H18O3. The molecule has 14 heavy (non-hydrogen) atoms. The third-order valence-electron chi connectivity index (χ3n) is 2.58. The number of aliphatic hydroxyl groups excluding tert-OH is 1. The van der Waals surface area contributed by atoms with Gasteiger partial charge in [0.1, 0.15) is 0 Å². The zero-order valence-corrected chi connectivity index (χ0v) is 8.66. The van der Waals surface area contributed by atoms with Gasteiger partial charge in [-0.1, -0.05) is 25.3 Å². The molecule has 80 valence electrons. The van der Waals surface area contributed by atoms with Crippen LogP contribution in [-0.2, 0) is 9.53 Å². The van der Waals surface area contributed by atoms with E-state index in [4.69, 9.17) is 0 Å². The summed E-state index contributed by atoms with van der Waals surface area (Å²) in [5.74, 6) is -0.389. The standard InChI is InChI=1S/C11H18O3/c1-14-11(13)9-7-5-3-2-4-6-8-10(9)12/h7,10,12H,2-6,8H2,1H3/b9-7+. The van der Waals surface area contributed by atoms with Crippen LogP contribution in [0.5, 0.6) is 0 Å². The number of rotatable bonds is 1. The number of ether oxygens (including phenoxy) is 1. The van der Waals surface area contributed by atoms with E-state index < -0.39 is 6.10 Å². The van der Waals surface area contributed by atoms with Crippen molar-refractivity contribution in [2.45, 2.75) is 44.6 Å². The molecule has 3 nitrogen and oxygen atoms in total. The highest BCUT2D eigenvalue weighted by molar-refractivity contribution is 5.89. The fourth-order valence-electron chi connectivity index (χ4n) is 1.72. The summed E-state index contributed by atoms with van der Waals surface area (Å²) in [6.07, 6.45) is 7.10. The molecule has 0 radical (unpaired) electrons. The van der Waals surface area contributed by atoms with E-state index in [2.05, 4.69) is 4.74 Å². The molecule has 0 amide bonds. The van der Waals surface area contributed by atoms with Crippen molar-refractivity contribution in [1.82, 2.24) is 0 Å². The van der Waals surface area contributed by atoms with Crippen molar-refractivity contribution in [2.75, 3.05) is 7.11 Å². The minimum atomic E-state index is -0.638. The van der Waals surface area contributed by atoms with Crippen LogP contribution in [0.1, 0.15) is 38.5 Å². The first-order valence-electron chi connectivity index (χ1n) is 5.22. The van der Waals surface area contributed by atoms with Gasteiger partial charge in [-0.15, -0.1) is 0 Å². The van der Waals surface area contributed by atoms with E-state index >= 15 is 0 Å². The predicted octanol–water partition coefficient (Wildman–Crippen LogP) is 1.80. The summed E-state index contributed by atoms with van der Waals surface area (Å²) in [5.41, 5.74) is 0.439. The summed E-state index contributed by atoms with van der Waals surface area (Å²) in [7, 11) is 1.35. The van der Waals surface area contributed by atoms with Gasteiger partial charge in [-0.2, -0.15) is 0 Å². The lowest BCUT2D eigenvalue weighted by Crippen LogP contribution is -2.19. The molecule has 3 heteroatoms. The Labute approximate surface area is 84.8 Å². The highest BCUT2D eigenvalue weighted by Gasteiger charge is 2.19. The van der Waals surface area contributed by atoms with E-state index in [0.717, 1.165) is 25.7 Å². The van der Waals surface area contributed by atoms with Crippen LogP contribution >= 0.6 is 0 Å². The summed E-state index contributed by atoms with van der Waals surface area (Å²) in [6.45, 7) is 0. The van der Waals surface area contributed by atoms with Crippen molar-refractivity contribution < 1.29 is 14.6 Å². The minimum Gasteiger partial charge on any atom is -0.466 e. The maximum Gasteiger partial charge on any atom is 0.336 e. The van der Waals surface area contributed by atoms with Crippen LogP contribution < -0.4 is 0 Å². The van der Waals surface area contributed by atoms with Gasteiger partial charge in [0, 0.05) is 0 Å². The average molecular weight is 198 g/mol. The molecule has 1 unspecified atom stereocenters. The SMILES string of the molecule is COC(=O)/C1=C/CCCCCCC1O. The van der Waals surface area contributed by atoms with Crippen molar-refractivity contribution in [2.24, 2.45) is 0 Å². The number of esters is 1. The first-order chi connectivity index (χ1) is 6.75. The Kier molecular flexibility index (Phi) is 4.66. The quantitative estimate of drug-likeness (QED) is 0.653. The molecule has 0 fully saturated rings. The monoisotopic (exact) mass is 198 g/mol. The fourth-order valence-corrected chi connectivity index (χ4v) is 1.72. The molecule has 0 aromatic carbocycles. The number of allylic oxidation sites excluding steroid dienone is 1. The van der Waals surface area contributed by atoms with E-state index in [0.29, 0.717) is 12.0 Å². The van der Waals surface area contributed by atoms with Crippen LogP contribution in [0.25, 0.3) is 0 Å². The molecule has 1 rings (SSSR count).